The van der Waals surface area contributed by atoms with Crippen LogP contribution in [0.15, 0.2) is 24.3 Å². The van der Waals surface area contributed by atoms with Crippen molar-refractivity contribution in [3.63, 3.8) is 0 Å². The van der Waals surface area contributed by atoms with E-state index in [0.29, 0.717) is 29.6 Å². The van der Waals surface area contributed by atoms with Gasteiger partial charge in [-0.15, -0.1) is 0 Å². The van der Waals surface area contributed by atoms with E-state index in [1.807, 2.05) is 0 Å². The third-order valence-corrected chi connectivity index (χ3v) is 4.35. The molecule has 0 fully saturated rings. The van der Waals surface area contributed by atoms with Gasteiger partial charge in [0.1, 0.15) is 0 Å². The van der Waals surface area contributed by atoms with Crippen LogP contribution in [-0.2, 0) is 4.79 Å². The van der Waals surface area contributed by atoms with Gasteiger partial charge in [-0.2, -0.15) is 74.6 Å². The summed E-state index contributed by atoms with van der Waals surface area (Å²) in [6, 6.07) is 1.49. The highest BCUT2D eigenvalue weighted by molar-refractivity contribution is 5.97. The van der Waals surface area contributed by atoms with Crippen molar-refractivity contribution < 1.29 is 84.6 Å². The third-order valence-electron chi connectivity index (χ3n) is 4.35. The number of benzene rings is 1. The Kier molecular flexibility index (Phi) is 7.76. The first kappa shape index (κ1) is 32.2. The highest BCUT2D eigenvalue weighted by atomic mass is 19.4. The number of carbonyl (C=O) groups excluding carboxylic acids is 1. The lowest BCUT2D eigenvalue weighted by atomic mass is 9.89. The normalized spacial score (nSPS) is 15.0. The van der Waals surface area contributed by atoms with Crippen molar-refractivity contribution >= 4 is 17.3 Å². The van der Waals surface area contributed by atoms with Crippen LogP contribution in [-0.4, -0.2) is 58.7 Å². The summed E-state index contributed by atoms with van der Waals surface area (Å²) in [6.45, 7) is 0. The number of hydrogen-bond acceptors (Lipinski definition) is 4. The SMILES string of the molecule is O=C(Nc1ccc(N([O-])O)cc1)C(F)(F)C(F)(F)C(F)(F)C(F)(F)C(F)(F)C(F)(F)C(F)(F)C(F)(F)F. The smallest absolute Gasteiger partial charge is 0.460 e. The average Bonchev–Trinajstić information content (AvgIpc) is 2.72. The number of amides is 1. The highest BCUT2D eigenvalue weighted by Crippen LogP contribution is 2.64. The summed E-state index contributed by atoms with van der Waals surface area (Å²) in [5, 5.41) is 18.8. The van der Waals surface area contributed by atoms with Gasteiger partial charge in [0.15, 0.2) is 0 Å². The van der Waals surface area contributed by atoms with Crippen LogP contribution < -0.4 is 10.5 Å². The van der Waals surface area contributed by atoms with Gasteiger partial charge >= 0.3 is 53.5 Å². The zero-order valence-corrected chi connectivity index (χ0v) is 16.4. The van der Waals surface area contributed by atoms with Crippen LogP contribution in [0.5, 0.6) is 0 Å². The van der Waals surface area contributed by atoms with Gasteiger partial charge in [0, 0.05) is 5.69 Å². The van der Waals surface area contributed by atoms with E-state index in [4.69, 9.17) is 5.21 Å². The van der Waals surface area contributed by atoms with Gasteiger partial charge in [0.25, 0.3) is 0 Å². The van der Waals surface area contributed by atoms with E-state index in [1.54, 1.807) is 0 Å². The fourth-order valence-corrected chi connectivity index (χ4v) is 2.19. The molecule has 0 spiro atoms. The maximum atomic E-state index is 13.8. The Morgan fingerprint density at radius 3 is 1.27 bits per heavy atom. The Bertz CT molecular complexity index is 989. The van der Waals surface area contributed by atoms with Gasteiger partial charge in [0.05, 0.1) is 5.69 Å². The molecule has 0 aromatic heterocycles. The predicted octanol–water partition coefficient (Wildman–Crippen LogP) is 6.33. The fourth-order valence-electron chi connectivity index (χ4n) is 2.19. The largest absolute Gasteiger partial charge is 0.733 e. The molecular weight excluding hydrogens is 579 g/mol. The summed E-state index contributed by atoms with van der Waals surface area (Å²) in [5.41, 5.74) is -1.89. The van der Waals surface area contributed by atoms with Crippen LogP contribution in [0, 0.1) is 5.21 Å². The molecule has 5 nitrogen and oxygen atoms in total. The molecule has 0 heterocycles. The average molecular weight is 585 g/mol. The number of hydrogen-bond donors (Lipinski definition) is 2. The van der Waals surface area contributed by atoms with Crippen LogP contribution in [0.4, 0.5) is 86.0 Å². The molecule has 0 atom stereocenters. The Morgan fingerprint density at radius 2 is 0.946 bits per heavy atom. The first-order valence-electron chi connectivity index (χ1n) is 8.34. The molecule has 0 aliphatic heterocycles. The molecule has 214 valence electrons. The summed E-state index contributed by atoms with van der Waals surface area (Å²) in [6.07, 6.45) is -7.87. The third kappa shape index (κ3) is 4.56. The minimum Gasteiger partial charge on any atom is -0.733 e. The lowest BCUT2D eigenvalue weighted by Gasteiger charge is -2.42. The number of anilines is 2. The molecule has 1 amide bonds. The fraction of sp³-hybridized carbons (Fsp3) is 0.533. The minimum atomic E-state index is -8.80. The quantitative estimate of drug-likeness (QED) is 0.263. The first-order chi connectivity index (χ1) is 16.1. The second kappa shape index (κ2) is 8.91. The molecule has 22 heteroatoms. The Morgan fingerprint density at radius 1 is 0.622 bits per heavy atom. The second-order valence-corrected chi connectivity index (χ2v) is 6.79. The molecule has 2 N–H and O–H groups in total. The zero-order chi connectivity index (χ0) is 29.8. The van der Waals surface area contributed by atoms with Crippen molar-refractivity contribution in [3.05, 3.63) is 29.5 Å². The summed E-state index contributed by atoms with van der Waals surface area (Å²) >= 11 is 0. The number of rotatable bonds is 9. The van der Waals surface area contributed by atoms with E-state index >= 15 is 0 Å². The summed E-state index contributed by atoms with van der Waals surface area (Å²) in [7, 11) is 0. The van der Waals surface area contributed by atoms with Crippen molar-refractivity contribution in [1.29, 1.82) is 0 Å². The summed E-state index contributed by atoms with van der Waals surface area (Å²) < 4.78 is 224. The standard InChI is InChI=1S/C15H6F17N2O3/c16-8(17,7(35)33-5-1-3-6(4-2-5)34(36)37)9(18,19)10(20,21)11(22,23)12(24,25)13(26,27)14(28,29)15(30,31)32/h1-4,36H,(H,33,35)/q-1. The molecule has 0 bridgehead atoms. The van der Waals surface area contributed by atoms with E-state index < -0.39 is 70.1 Å². The zero-order valence-electron chi connectivity index (χ0n) is 16.4. The molecule has 0 aliphatic rings. The minimum absolute atomic E-state index is 0.309. The molecule has 1 rings (SSSR count). The molecule has 0 saturated heterocycles. The second-order valence-electron chi connectivity index (χ2n) is 6.79. The van der Waals surface area contributed by atoms with E-state index in [-0.39, 0.29) is 0 Å². The molecule has 0 saturated carbocycles. The Labute approximate surface area is 190 Å². The summed E-state index contributed by atoms with van der Waals surface area (Å²) in [5.74, 6) is -62.3. The lowest BCUT2D eigenvalue weighted by Crippen LogP contribution is -2.75. The van der Waals surface area contributed by atoms with Gasteiger partial charge in [-0.1, -0.05) is 0 Å². The Balaban J connectivity index is 3.52. The van der Waals surface area contributed by atoms with Crippen LogP contribution in [0.2, 0.25) is 0 Å². The molecule has 0 radical (unpaired) electrons. The van der Waals surface area contributed by atoms with Gasteiger partial charge in [0.2, 0.25) is 0 Å². The van der Waals surface area contributed by atoms with E-state index in [9.17, 15) is 84.6 Å². The van der Waals surface area contributed by atoms with E-state index in [1.165, 1.54) is 0 Å². The van der Waals surface area contributed by atoms with Crippen LogP contribution in [0.1, 0.15) is 0 Å². The van der Waals surface area contributed by atoms with Gasteiger partial charge in [-0.3, -0.25) is 10.0 Å². The summed E-state index contributed by atoms with van der Waals surface area (Å²) in [4.78, 5) is 11.4. The number of alkyl halides is 17. The monoisotopic (exact) mass is 585 g/mol. The Hall–Kier alpha value is -2.78. The molecule has 37 heavy (non-hydrogen) atoms. The van der Waals surface area contributed by atoms with Crippen molar-refractivity contribution in [2.24, 2.45) is 0 Å². The molecule has 0 unspecified atom stereocenters. The van der Waals surface area contributed by atoms with Gasteiger partial charge < -0.3 is 15.8 Å². The van der Waals surface area contributed by atoms with Crippen molar-refractivity contribution in [2.75, 3.05) is 10.5 Å². The van der Waals surface area contributed by atoms with Crippen LogP contribution in [0.3, 0.4) is 0 Å². The van der Waals surface area contributed by atoms with Gasteiger partial charge in [-0.25, -0.2) is 0 Å². The molecule has 1 aromatic carbocycles. The van der Waals surface area contributed by atoms with E-state index in [0.717, 1.165) is 0 Å². The maximum Gasteiger partial charge on any atom is 0.460 e. The number of nitrogens with one attached hydrogen (secondary N) is 1. The molecular formula is C15H6F17N2O3-. The van der Waals surface area contributed by atoms with E-state index in [2.05, 4.69) is 0 Å². The van der Waals surface area contributed by atoms with Crippen LogP contribution >= 0.6 is 0 Å². The van der Waals surface area contributed by atoms with Crippen molar-refractivity contribution in [2.45, 2.75) is 47.6 Å². The number of halogens is 17. The first-order valence-corrected chi connectivity index (χ1v) is 8.34. The van der Waals surface area contributed by atoms with Crippen LogP contribution in [0.25, 0.3) is 0 Å². The maximum absolute atomic E-state index is 13.8. The number of carbonyl (C=O) groups is 1. The predicted molar refractivity (Wildman–Crippen MR) is 83.4 cm³/mol. The van der Waals surface area contributed by atoms with Gasteiger partial charge in [-0.05, 0) is 24.3 Å². The molecule has 0 aliphatic carbocycles. The lowest BCUT2D eigenvalue weighted by molar-refractivity contribution is -0.459. The topological polar surface area (TPSA) is 75.6 Å². The van der Waals surface area contributed by atoms with Crippen molar-refractivity contribution in [1.82, 2.24) is 0 Å². The van der Waals surface area contributed by atoms with Crippen molar-refractivity contribution in [3.8, 4) is 0 Å². The molecule has 1 aromatic rings. The number of nitrogens with zero attached hydrogens (tertiary/aromatic N) is 1. The highest BCUT2D eigenvalue weighted by Gasteiger charge is 2.95.